The molecule has 2 heterocycles. The van der Waals surface area contributed by atoms with E-state index in [1.807, 2.05) is 71.9 Å². The van der Waals surface area contributed by atoms with E-state index in [9.17, 15) is 28.8 Å². The minimum absolute atomic E-state index is 0.0664. The standard InChI is InChI=1S/C42H59N5O6/c1-7-15-31(37(50)34(49)24-27(3)29-16-11-9-12-17-29)25-33(48)36-28(8-2)20-23-47(36)41(53)38(42(4,5)6)46-40(52)35(30-18-13-10-14-19-30)45-39(51)32-26-43-21-22-44-32/h9,11-12,16-17,21-22,26-28,30-31,35-36,38H,7-8,10,13-15,18-20,23-25H2,1-6H3,(H,45,51)(H,46,52)/t27-,28+,31?,35+,36+,38-/m1/s1. The molecule has 1 aliphatic heterocycles. The minimum Gasteiger partial charge on any atom is -0.342 e. The maximum Gasteiger partial charge on any atom is 0.272 e. The van der Waals surface area contributed by atoms with Gasteiger partial charge in [-0.1, -0.05) is 104 Å². The van der Waals surface area contributed by atoms with Crippen molar-refractivity contribution in [2.75, 3.05) is 6.54 Å². The summed E-state index contributed by atoms with van der Waals surface area (Å²) >= 11 is 0. The van der Waals surface area contributed by atoms with Gasteiger partial charge >= 0.3 is 0 Å². The van der Waals surface area contributed by atoms with Crippen molar-refractivity contribution in [3.63, 3.8) is 0 Å². The van der Waals surface area contributed by atoms with Gasteiger partial charge in [-0.25, -0.2) is 4.98 Å². The molecule has 1 saturated carbocycles. The Morgan fingerprint density at radius 1 is 0.906 bits per heavy atom. The summed E-state index contributed by atoms with van der Waals surface area (Å²) < 4.78 is 0. The molecule has 3 amide bonds. The Bertz CT molecular complexity index is 1570. The highest BCUT2D eigenvalue weighted by Crippen LogP contribution is 2.34. The van der Waals surface area contributed by atoms with Gasteiger partial charge in [0.2, 0.25) is 17.6 Å². The van der Waals surface area contributed by atoms with Crippen LogP contribution >= 0.6 is 0 Å². The van der Waals surface area contributed by atoms with Gasteiger partial charge in [-0.15, -0.1) is 0 Å². The molecule has 1 saturated heterocycles. The number of amides is 3. The number of likely N-dealkylation sites (tertiary alicyclic amines) is 1. The molecule has 2 aliphatic rings. The van der Waals surface area contributed by atoms with Crippen LogP contribution in [0.25, 0.3) is 0 Å². The molecule has 2 N–H and O–H groups in total. The van der Waals surface area contributed by atoms with Crippen LogP contribution in [-0.4, -0.2) is 74.6 Å². The Labute approximate surface area is 314 Å². The summed E-state index contributed by atoms with van der Waals surface area (Å²) in [7, 11) is 0. The third kappa shape index (κ3) is 10.9. The average Bonchev–Trinajstić information content (AvgIpc) is 3.60. The summed E-state index contributed by atoms with van der Waals surface area (Å²) in [5, 5.41) is 5.91. The van der Waals surface area contributed by atoms with Crippen LogP contribution in [0.15, 0.2) is 48.9 Å². The number of nitrogens with zero attached hydrogens (tertiary/aromatic N) is 3. The van der Waals surface area contributed by atoms with Gasteiger partial charge in [-0.05, 0) is 54.4 Å². The van der Waals surface area contributed by atoms with Crippen LogP contribution in [0.2, 0.25) is 0 Å². The van der Waals surface area contributed by atoms with E-state index in [2.05, 4.69) is 20.6 Å². The number of benzene rings is 1. The third-order valence-corrected chi connectivity index (χ3v) is 11.1. The van der Waals surface area contributed by atoms with E-state index in [1.54, 1.807) is 4.90 Å². The Hall–Kier alpha value is -4.28. The second-order valence-corrected chi connectivity index (χ2v) is 16.1. The first kappa shape index (κ1) is 41.5. The van der Waals surface area contributed by atoms with Crippen molar-refractivity contribution in [3.05, 3.63) is 60.2 Å². The Balaban J connectivity index is 1.53. The highest BCUT2D eigenvalue weighted by Gasteiger charge is 2.47. The molecule has 11 nitrogen and oxygen atoms in total. The van der Waals surface area contributed by atoms with E-state index >= 15 is 0 Å². The Morgan fingerprint density at radius 3 is 2.21 bits per heavy atom. The SMILES string of the molecule is CCCC(CC(=O)[C@@H]1[C@@H](CC)CCN1C(=O)[C@@H](NC(=O)[C@@H](NC(=O)c1cnccn1)C1CCCCC1)C(C)(C)C)C(=O)C(=O)C[C@@H](C)c1ccccc1. The summed E-state index contributed by atoms with van der Waals surface area (Å²) in [5.74, 6) is -3.69. The number of carbonyl (C=O) groups is 6. The van der Waals surface area contributed by atoms with Crippen LogP contribution in [-0.2, 0) is 24.0 Å². The second kappa shape index (κ2) is 19.2. The largest absolute Gasteiger partial charge is 0.342 e. The Morgan fingerprint density at radius 2 is 1.60 bits per heavy atom. The van der Waals surface area contributed by atoms with Crippen molar-refractivity contribution < 1.29 is 28.8 Å². The van der Waals surface area contributed by atoms with Crippen molar-refractivity contribution in [2.24, 2.45) is 23.2 Å². The van der Waals surface area contributed by atoms with Crippen molar-refractivity contribution in [1.29, 1.82) is 0 Å². The monoisotopic (exact) mass is 729 g/mol. The molecular formula is C42H59N5O6. The number of hydrogen-bond donors (Lipinski definition) is 2. The number of Topliss-reactive ketones (excluding diaryl/α,β-unsaturated/α-hetero) is 3. The van der Waals surface area contributed by atoms with Crippen LogP contribution in [0.1, 0.15) is 134 Å². The van der Waals surface area contributed by atoms with Gasteiger partial charge in [0.15, 0.2) is 11.6 Å². The van der Waals surface area contributed by atoms with Gasteiger partial charge in [-0.3, -0.25) is 33.8 Å². The summed E-state index contributed by atoms with van der Waals surface area (Å²) in [4.78, 5) is 92.7. The van der Waals surface area contributed by atoms with Crippen LogP contribution in [0, 0.1) is 23.2 Å². The quantitative estimate of drug-likeness (QED) is 0.187. The Kier molecular flexibility index (Phi) is 15.0. The summed E-state index contributed by atoms with van der Waals surface area (Å²) in [6.07, 6.45) is 10.9. The van der Waals surface area contributed by atoms with Crippen LogP contribution in [0.5, 0.6) is 0 Å². The maximum absolute atomic E-state index is 14.6. The van der Waals surface area contributed by atoms with Gasteiger partial charge in [0, 0.05) is 37.7 Å². The van der Waals surface area contributed by atoms with Gasteiger partial charge in [0.25, 0.3) is 5.91 Å². The van der Waals surface area contributed by atoms with E-state index < -0.39 is 52.8 Å². The third-order valence-electron chi connectivity index (χ3n) is 11.1. The smallest absolute Gasteiger partial charge is 0.272 e. The van der Waals surface area contributed by atoms with Crippen molar-refractivity contribution >= 4 is 35.1 Å². The molecule has 6 atom stereocenters. The zero-order valence-electron chi connectivity index (χ0n) is 32.4. The lowest BCUT2D eigenvalue weighted by Gasteiger charge is -2.38. The molecule has 1 aliphatic carbocycles. The number of hydrogen-bond acceptors (Lipinski definition) is 8. The van der Waals surface area contributed by atoms with Gasteiger partial charge in [0.05, 0.1) is 12.2 Å². The topological polar surface area (TPSA) is 156 Å². The van der Waals surface area contributed by atoms with E-state index in [0.717, 1.165) is 37.7 Å². The highest BCUT2D eigenvalue weighted by atomic mass is 16.2. The van der Waals surface area contributed by atoms with Crippen LogP contribution in [0.3, 0.4) is 0 Å². The molecule has 53 heavy (non-hydrogen) atoms. The van der Waals surface area contributed by atoms with Gasteiger partial charge in [0.1, 0.15) is 17.8 Å². The zero-order chi connectivity index (χ0) is 38.7. The molecule has 4 rings (SSSR count). The molecular weight excluding hydrogens is 670 g/mol. The van der Waals surface area contributed by atoms with Gasteiger partial charge in [-0.2, -0.15) is 0 Å². The fraction of sp³-hybridized carbons (Fsp3) is 0.619. The number of nitrogens with one attached hydrogen (secondary N) is 2. The molecule has 0 bridgehead atoms. The second-order valence-electron chi connectivity index (χ2n) is 16.1. The number of aromatic nitrogens is 2. The molecule has 1 aromatic carbocycles. The van der Waals surface area contributed by atoms with Crippen molar-refractivity contribution in [3.8, 4) is 0 Å². The first-order valence-electron chi connectivity index (χ1n) is 19.6. The van der Waals surface area contributed by atoms with Gasteiger partial charge < -0.3 is 15.5 Å². The molecule has 1 aromatic heterocycles. The fourth-order valence-electron chi connectivity index (χ4n) is 8.05. The average molecular weight is 730 g/mol. The van der Waals surface area contributed by atoms with E-state index in [-0.39, 0.29) is 48.0 Å². The first-order chi connectivity index (χ1) is 25.3. The van der Waals surface area contributed by atoms with E-state index in [1.165, 1.54) is 18.6 Å². The van der Waals surface area contributed by atoms with Crippen molar-refractivity contribution in [2.45, 2.75) is 136 Å². The lowest BCUT2D eigenvalue weighted by Crippen LogP contribution is -2.61. The number of carbonyl (C=O) groups excluding carboxylic acids is 6. The zero-order valence-corrected chi connectivity index (χ0v) is 32.4. The number of rotatable bonds is 17. The summed E-state index contributed by atoms with van der Waals surface area (Å²) in [6, 6.07) is 6.93. The van der Waals surface area contributed by atoms with Crippen LogP contribution < -0.4 is 10.6 Å². The first-order valence-corrected chi connectivity index (χ1v) is 19.6. The highest BCUT2D eigenvalue weighted by molar-refractivity contribution is 6.38. The fourth-order valence-corrected chi connectivity index (χ4v) is 8.05. The molecule has 1 unspecified atom stereocenters. The molecule has 0 radical (unpaired) electrons. The lowest BCUT2D eigenvalue weighted by atomic mass is 9.81. The molecule has 11 heteroatoms. The van der Waals surface area contributed by atoms with E-state index in [4.69, 9.17) is 0 Å². The summed E-state index contributed by atoms with van der Waals surface area (Å²) in [5.41, 5.74) is 0.334. The normalized spacial score (nSPS) is 20.2. The number of ketones is 3. The van der Waals surface area contributed by atoms with Crippen LogP contribution in [0.4, 0.5) is 0 Å². The van der Waals surface area contributed by atoms with Crippen molar-refractivity contribution in [1.82, 2.24) is 25.5 Å². The minimum atomic E-state index is -0.991. The maximum atomic E-state index is 14.6. The predicted octanol–water partition coefficient (Wildman–Crippen LogP) is 6.02. The molecule has 2 fully saturated rings. The summed E-state index contributed by atoms with van der Waals surface area (Å²) in [6.45, 7) is 11.8. The molecule has 2 aromatic rings. The predicted molar refractivity (Wildman–Crippen MR) is 203 cm³/mol. The van der Waals surface area contributed by atoms with E-state index in [0.29, 0.717) is 32.2 Å². The molecule has 288 valence electrons. The molecule has 0 spiro atoms. The lowest BCUT2D eigenvalue weighted by molar-refractivity contribution is -0.145.